The van der Waals surface area contributed by atoms with Crippen LogP contribution < -0.4 is 0 Å². The number of sulfonamides is 1. The third kappa shape index (κ3) is 2.91. The fourth-order valence-corrected chi connectivity index (χ4v) is 6.07. The number of nitrogens with zero attached hydrogens (tertiary/aromatic N) is 2. The molecular weight excluding hydrogens is 316 g/mol. The lowest BCUT2D eigenvalue weighted by atomic mass is 9.89. The average molecular weight is 342 g/mol. The second kappa shape index (κ2) is 5.70. The van der Waals surface area contributed by atoms with E-state index in [-0.39, 0.29) is 22.9 Å². The Labute approximate surface area is 138 Å². The van der Waals surface area contributed by atoms with Gasteiger partial charge in [0.15, 0.2) is 0 Å². The molecule has 7 heteroatoms. The molecule has 0 bridgehead atoms. The lowest BCUT2D eigenvalue weighted by Crippen LogP contribution is -2.48. The van der Waals surface area contributed by atoms with Crippen LogP contribution in [0.2, 0.25) is 0 Å². The van der Waals surface area contributed by atoms with Crippen LogP contribution in [0.1, 0.15) is 51.4 Å². The van der Waals surface area contributed by atoms with E-state index < -0.39 is 10.0 Å². The number of amides is 1. The Bertz CT molecular complexity index is 573. The first-order chi connectivity index (χ1) is 11.0. The van der Waals surface area contributed by atoms with Gasteiger partial charge in [0.05, 0.1) is 10.9 Å². The molecule has 6 nitrogen and oxygen atoms in total. The van der Waals surface area contributed by atoms with Crippen LogP contribution in [-0.4, -0.2) is 66.7 Å². The van der Waals surface area contributed by atoms with Crippen molar-refractivity contribution in [2.75, 3.05) is 26.2 Å². The van der Waals surface area contributed by atoms with Gasteiger partial charge in [0.1, 0.15) is 6.10 Å². The maximum absolute atomic E-state index is 12.5. The molecule has 0 aromatic heterocycles. The summed E-state index contributed by atoms with van der Waals surface area (Å²) in [7, 11) is -3.08. The Morgan fingerprint density at radius 1 is 0.957 bits per heavy atom. The van der Waals surface area contributed by atoms with E-state index in [1.807, 2.05) is 4.90 Å². The normalized spacial score (nSPS) is 31.8. The van der Waals surface area contributed by atoms with Crippen LogP contribution in [0.3, 0.4) is 0 Å². The molecule has 1 amide bonds. The molecule has 0 radical (unpaired) electrons. The van der Waals surface area contributed by atoms with E-state index in [4.69, 9.17) is 4.74 Å². The highest BCUT2D eigenvalue weighted by atomic mass is 32.2. The van der Waals surface area contributed by atoms with E-state index in [1.54, 1.807) is 4.31 Å². The van der Waals surface area contributed by atoms with Crippen LogP contribution in [0.25, 0.3) is 0 Å². The minimum atomic E-state index is -3.08. The van der Waals surface area contributed by atoms with Crippen LogP contribution >= 0.6 is 0 Å². The quantitative estimate of drug-likeness (QED) is 0.771. The smallest absolute Gasteiger partial charge is 0.251 e. The molecule has 130 valence electrons. The number of carbonyl (C=O) groups excluding carboxylic acids is 1. The van der Waals surface area contributed by atoms with Crippen molar-refractivity contribution in [3.05, 3.63) is 0 Å². The summed E-state index contributed by atoms with van der Waals surface area (Å²) in [5.41, 5.74) is -0.268. The number of piperidine rings is 1. The van der Waals surface area contributed by atoms with Crippen molar-refractivity contribution in [1.82, 2.24) is 9.21 Å². The topological polar surface area (TPSA) is 66.9 Å². The van der Waals surface area contributed by atoms with E-state index in [2.05, 4.69) is 0 Å². The molecule has 3 saturated heterocycles. The molecule has 3 heterocycles. The molecule has 23 heavy (non-hydrogen) atoms. The lowest BCUT2D eigenvalue weighted by molar-refractivity contribution is -0.149. The minimum absolute atomic E-state index is 0.134. The van der Waals surface area contributed by atoms with Gasteiger partial charge < -0.3 is 9.64 Å². The third-order valence-corrected chi connectivity index (χ3v) is 8.29. The summed E-state index contributed by atoms with van der Waals surface area (Å²) in [6.07, 6.45) is 6.62. The Morgan fingerprint density at radius 2 is 1.61 bits per heavy atom. The van der Waals surface area contributed by atoms with Crippen molar-refractivity contribution < 1.29 is 17.9 Å². The average Bonchev–Trinajstić information content (AvgIpc) is 3.13. The van der Waals surface area contributed by atoms with Crippen molar-refractivity contribution in [2.45, 2.75) is 68.3 Å². The fourth-order valence-electron chi connectivity index (χ4n) is 4.22. The van der Waals surface area contributed by atoms with Crippen LogP contribution in [-0.2, 0) is 19.6 Å². The Kier molecular flexibility index (Phi) is 3.93. The third-order valence-electron chi connectivity index (χ3n) is 5.89. The van der Waals surface area contributed by atoms with Crippen LogP contribution in [0.5, 0.6) is 0 Å². The predicted molar refractivity (Wildman–Crippen MR) is 85.4 cm³/mol. The highest BCUT2D eigenvalue weighted by molar-refractivity contribution is 7.90. The highest BCUT2D eigenvalue weighted by Crippen LogP contribution is 2.41. The molecule has 1 saturated carbocycles. The Hall–Kier alpha value is -0.660. The first-order valence-electron chi connectivity index (χ1n) is 8.96. The maximum atomic E-state index is 12.5. The summed E-state index contributed by atoms with van der Waals surface area (Å²) in [4.78, 5) is 14.4. The van der Waals surface area contributed by atoms with Crippen LogP contribution in [0.4, 0.5) is 0 Å². The fraction of sp³-hybridized carbons (Fsp3) is 0.938. The molecule has 4 fully saturated rings. The van der Waals surface area contributed by atoms with Crippen LogP contribution in [0.15, 0.2) is 0 Å². The second-order valence-corrected chi connectivity index (χ2v) is 9.72. The zero-order valence-electron chi connectivity index (χ0n) is 13.6. The summed E-state index contributed by atoms with van der Waals surface area (Å²) in [6.45, 7) is 2.81. The number of likely N-dealkylation sites (tertiary alicyclic amines) is 1. The van der Waals surface area contributed by atoms with Gasteiger partial charge in [-0.15, -0.1) is 0 Å². The molecule has 0 aromatic carbocycles. The second-order valence-electron chi connectivity index (χ2n) is 7.50. The van der Waals surface area contributed by atoms with Gasteiger partial charge in [0.2, 0.25) is 10.0 Å². The van der Waals surface area contributed by atoms with E-state index in [0.717, 1.165) is 64.5 Å². The molecule has 3 aliphatic heterocycles. The van der Waals surface area contributed by atoms with Gasteiger partial charge >= 0.3 is 0 Å². The summed E-state index contributed by atoms with van der Waals surface area (Å²) < 4.78 is 32.5. The molecule has 1 unspecified atom stereocenters. The van der Waals surface area contributed by atoms with E-state index in [0.29, 0.717) is 13.1 Å². The number of rotatable bonds is 3. The monoisotopic (exact) mass is 342 g/mol. The molecule has 0 N–H and O–H groups in total. The molecule has 1 spiro atoms. The standard InChI is InChI=1S/C16H26N2O4S/c19-15(17-9-1-2-10-17)14-5-6-16(22-14)7-11-18(12-8-16)23(20,21)13-3-4-13/h13-14H,1-12H2. The molecular formula is C16H26N2O4S. The molecule has 4 rings (SSSR count). The maximum Gasteiger partial charge on any atom is 0.251 e. The van der Waals surface area contributed by atoms with Crippen molar-refractivity contribution in [3.8, 4) is 0 Å². The van der Waals surface area contributed by atoms with Gasteiger partial charge in [-0.05, 0) is 51.4 Å². The number of ether oxygens (including phenoxy) is 1. The minimum Gasteiger partial charge on any atom is -0.362 e. The molecule has 0 aromatic rings. The van der Waals surface area contributed by atoms with Crippen molar-refractivity contribution in [3.63, 3.8) is 0 Å². The summed E-state index contributed by atoms with van der Waals surface area (Å²) in [6, 6.07) is 0. The zero-order valence-corrected chi connectivity index (χ0v) is 14.4. The van der Waals surface area contributed by atoms with E-state index >= 15 is 0 Å². The first-order valence-corrected chi connectivity index (χ1v) is 10.5. The van der Waals surface area contributed by atoms with Gasteiger partial charge in [0.25, 0.3) is 5.91 Å². The number of hydrogen-bond acceptors (Lipinski definition) is 4. The number of hydrogen-bond donors (Lipinski definition) is 0. The van der Waals surface area contributed by atoms with Crippen LogP contribution in [0, 0.1) is 0 Å². The molecule has 4 aliphatic rings. The summed E-state index contributed by atoms with van der Waals surface area (Å²) in [5, 5.41) is -0.134. The SMILES string of the molecule is O=C(C1CCC2(CCN(S(=O)(=O)C3CC3)CC2)O1)N1CCCC1. The van der Waals surface area contributed by atoms with Gasteiger partial charge in [0, 0.05) is 26.2 Å². The van der Waals surface area contributed by atoms with Gasteiger partial charge in [-0.3, -0.25) is 4.79 Å². The van der Waals surface area contributed by atoms with E-state index in [1.165, 1.54) is 0 Å². The first kappa shape index (κ1) is 15.8. The molecule has 1 atom stereocenters. The molecule has 1 aliphatic carbocycles. The highest BCUT2D eigenvalue weighted by Gasteiger charge is 2.49. The van der Waals surface area contributed by atoms with Gasteiger partial charge in [-0.2, -0.15) is 0 Å². The van der Waals surface area contributed by atoms with Crippen molar-refractivity contribution in [1.29, 1.82) is 0 Å². The Morgan fingerprint density at radius 3 is 2.22 bits per heavy atom. The zero-order chi connectivity index (χ0) is 16.1. The van der Waals surface area contributed by atoms with Gasteiger partial charge in [-0.25, -0.2) is 12.7 Å². The predicted octanol–water partition coefficient (Wildman–Crippen LogP) is 1.11. The largest absolute Gasteiger partial charge is 0.362 e. The lowest BCUT2D eigenvalue weighted by Gasteiger charge is -2.38. The summed E-state index contributed by atoms with van der Waals surface area (Å²) in [5.74, 6) is 0.146. The van der Waals surface area contributed by atoms with Crippen molar-refractivity contribution >= 4 is 15.9 Å². The number of carbonyl (C=O) groups is 1. The van der Waals surface area contributed by atoms with E-state index in [9.17, 15) is 13.2 Å². The Balaban J connectivity index is 1.35. The van der Waals surface area contributed by atoms with Crippen molar-refractivity contribution in [2.24, 2.45) is 0 Å². The van der Waals surface area contributed by atoms with Gasteiger partial charge in [-0.1, -0.05) is 0 Å². The summed E-state index contributed by atoms with van der Waals surface area (Å²) >= 11 is 0.